The molecule has 0 radical (unpaired) electrons. The van der Waals surface area contributed by atoms with E-state index in [2.05, 4.69) is 42.0 Å². The van der Waals surface area contributed by atoms with Gasteiger partial charge in [-0.1, -0.05) is 20.3 Å². The van der Waals surface area contributed by atoms with E-state index in [1.165, 1.54) is 6.42 Å². The van der Waals surface area contributed by atoms with Crippen molar-refractivity contribution in [1.29, 1.82) is 0 Å². The molecule has 0 saturated carbocycles. The molecule has 2 nitrogen and oxygen atoms in total. The molecule has 3 heteroatoms. The second-order valence-electron chi connectivity index (χ2n) is 4.16. The van der Waals surface area contributed by atoms with E-state index in [1.54, 1.807) is 7.11 Å². The molecule has 1 aromatic carbocycles. The van der Waals surface area contributed by atoms with Crippen LogP contribution in [-0.4, -0.2) is 13.2 Å². The zero-order valence-electron chi connectivity index (χ0n) is 10.4. The van der Waals surface area contributed by atoms with Crippen LogP contribution in [0.15, 0.2) is 22.7 Å². The molecule has 0 saturated heterocycles. The molecule has 2 atom stereocenters. The van der Waals surface area contributed by atoms with Crippen LogP contribution in [0.1, 0.15) is 27.2 Å². The average molecular weight is 286 g/mol. The summed E-state index contributed by atoms with van der Waals surface area (Å²) in [5, 5.41) is 3.51. The van der Waals surface area contributed by atoms with Crippen LogP contribution in [0, 0.1) is 5.92 Å². The number of anilines is 1. The first kappa shape index (κ1) is 13.4. The summed E-state index contributed by atoms with van der Waals surface area (Å²) in [5.74, 6) is 1.53. The molecular formula is C13H20BrNO. The van der Waals surface area contributed by atoms with Crippen LogP contribution in [0.3, 0.4) is 0 Å². The van der Waals surface area contributed by atoms with Crippen LogP contribution in [0.4, 0.5) is 5.69 Å². The third kappa shape index (κ3) is 3.41. The Morgan fingerprint density at radius 1 is 1.38 bits per heavy atom. The topological polar surface area (TPSA) is 21.3 Å². The molecule has 90 valence electrons. The van der Waals surface area contributed by atoms with E-state index in [0.29, 0.717) is 12.0 Å². The highest BCUT2D eigenvalue weighted by Crippen LogP contribution is 2.28. The first-order valence-corrected chi connectivity index (χ1v) is 6.47. The minimum absolute atomic E-state index is 0.452. The summed E-state index contributed by atoms with van der Waals surface area (Å²) in [7, 11) is 1.69. The zero-order chi connectivity index (χ0) is 12.1. The number of hydrogen-bond acceptors (Lipinski definition) is 2. The molecular weight excluding hydrogens is 266 g/mol. The highest BCUT2D eigenvalue weighted by atomic mass is 79.9. The van der Waals surface area contributed by atoms with Crippen molar-refractivity contribution in [1.82, 2.24) is 0 Å². The average Bonchev–Trinajstić information content (AvgIpc) is 2.30. The Morgan fingerprint density at radius 2 is 2.06 bits per heavy atom. The predicted octanol–water partition coefficient (Wildman–Crippen LogP) is 4.30. The molecule has 0 aliphatic carbocycles. The predicted molar refractivity (Wildman–Crippen MR) is 73.2 cm³/mol. The van der Waals surface area contributed by atoms with E-state index < -0.39 is 0 Å². The van der Waals surface area contributed by atoms with Gasteiger partial charge in [-0.3, -0.25) is 0 Å². The van der Waals surface area contributed by atoms with Crippen molar-refractivity contribution in [3.63, 3.8) is 0 Å². The van der Waals surface area contributed by atoms with Gasteiger partial charge in [0.25, 0.3) is 0 Å². The first-order chi connectivity index (χ1) is 7.58. The fourth-order valence-corrected chi connectivity index (χ4v) is 1.84. The van der Waals surface area contributed by atoms with Crippen molar-refractivity contribution in [2.45, 2.75) is 33.2 Å². The van der Waals surface area contributed by atoms with Crippen LogP contribution >= 0.6 is 15.9 Å². The second kappa shape index (κ2) is 6.14. The number of halogens is 1. The molecule has 0 spiro atoms. The zero-order valence-corrected chi connectivity index (χ0v) is 12.0. The molecule has 0 aliphatic heterocycles. The van der Waals surface area contributed by atoms with Gasteiger partial charge >= 0.3 is 0 Å². The monoisotopic (exact) mass is 285 g/mol. The minimum atomic E-state index is 0.452. The smallest absolute Gasteiger partial charge is 0.121 e. The van der Waals surface area contributed by atoms with E-state index in [1.807, 2.05) is 18.2 Å². The van der Waals surface area contributed by atoms with Crippen LogP contribution in [0.5, 0.6) is 5.75 Å². The summed E-state index contributed by atoms with van der Waals surface area (Å²) in [6.07, 6.45) is 1.18. The maximum atomic E-state index is 5.22. The van der Waals surface area contributed by atoms with Crippen molar-refractivity contribution < 1.29 is 4.74 Å². The molecule has 16 heavy (non-hydrogen) atoms. The normalized spacial score (nSPS) is 14.3. The van der Waals surface area contributed by atoms with Gasteiger partial charge in [0.05, 0.1) is 12.8 Å². The fraction of sp³-hybridized carbons (Fsp3) is 0.538. The fourth-order valence-electron chi connectivity index (χ4n) is 1.48. The lowest BCUT2D eigenvalue weighted by Crippen LogP contribution is -2.23. The Morgan fingerprint density at radius 3 is 2.62 bits per heavy atom. The van der Waals surface area contributed by atoms with Gasteiger partial charge in [-0.25, -0.2) is 0 Å². The SMILES string of the molecule is CCC(C)C(C)Nc1cc(OC)ccc1Br. The molecule has 1 rings (SSSR count). The van der Waals surface area contributed by atoms with Crippen LogP contribution in [0.2, 0.25) is 0 Å². The van der Waals surface area contributed by atoms with Crippen molar-refractivity contribution in [3.05, 3.63) is 22.7 Å². The highest BCUT2D eigenvalue weighted by molar-refractivity contribution is 9.10. The number of nitrogens with one attached hydrogen (secondary N) is 1. The van der Waals surface area contributed by atoms with Gasteiger partial charge in [-0.05, 0) is 40.9 Å². The van der Waals surface area contributed by atoms with Crippen molar-refractivity contribution in [2.75, 3.05) is 12.4 Å². The number of methoxy groups -OCH3 is 1. The van der Waals surface area contributed by atoms with Crippen molar-refractivity contribution in [3.8, 4) is 5.75 Å². The Balaban J connectivity index is 2.79. The summed E-state index contributed by atoms with van der Waals surface area (Å²) in [6, 6.07) is 6.42. The third-order valence-corrected chi connectivity index (χ3v) is 3.75. The van der Waals surface area contributed by atoms with Gasteiger partial charge in [0.2, 0.25) is 0 Å². The Bertz CT molecular complexity index is 341. The number of rotatable bonds is 5. The molecule has 2 unspecified atom stereocenters. The van der Waals surface area contributed by atoms with Gasteiger partial charge in [0.1, 0.15) is 5.75 Å². The standard InChI is InChI=1S/C13H20BrNO/c1-5-9(2)10(3)15-13-8-11(16-4)6-7-12(13)14/h6-10,15H,5H2,1-4H3. The summed E-state index contributed by atoms with van der Waals surface area (Å²) >= 11 is 3.54. The molecule has 1 aromatic rings. The van der Waals surface area contributed by atoms with E-state index in [9.17, 15) is 0 Å². The van der Waals surface area contributed by atoms with Gasteiger partial charge < -0.3 is 10.1 Å². The second-order valence-corrected chi connectivity index (χ2v) is 5.02. The van der Waals surface area contributed by atoms with Gasteiger partial charge in [0, 0.05) is 16.6 Å². The lowest BCUT2D eigenvalue weighted by Gasteiger charge is -2.22. The summed E-state index contributed by atoms with van der Waals surface area (Å²) in [6.45, 7) is 6.68. The maximum absolute atomic E-state index is 5.22. The Labute approximate surface area is 107 Å². The Hall–Kier alpha value is -0.700. The molecule has 0 heterocycles. The minimum Gasteiger partial charge on any atom is -0.497 e. The van der Waals surface area contributed by atoms with Gasteiger partial charge in [-0.15, -0.1) is 0 Å². The molecule has 0 fully saturated rings. The molecule has 0 amide bonds. The first-order valence-electron chi connectivity index (χ1n) is 5.68. The summed E-state index contributed by atoms with van der Waals surface area (Å²) in [5.41, 5.74) is 1.09. The van der Waals surface area contributed by atoms with E-state index in [0.717, 1.165) is 15.9 Å². The summed E-state index contributed by atoms with van der Waals surface area (Å²) < 4.78 is 6.29. The number of ether oxygens (including phenoxy) is 1. The number of benzene rings is 1. The molecule has 0 aromatic heterocycles. The van der Waals surface area contributed by atoms with E-state index in [4.69, 9.17) is 4.74 Å². The van der Waals surface area contributed by atoms with Gasteiger partial charge in [-0.2, -0.15) is 0 Å². The van der Waals surface area contributed by atoms with Crippen LogP contribution in [0.25, 0.3) is 0 Å². The van der Waals surface area contributed by atoms with E-state index >= 15 is 0 Å². The van der Waals surface area contributed by atoms with Crippen molar-refractivity contribution in [2.24, 2.45) is 5.92 Å². The Kier molecular flexibility index (Phi) is 5.13. The van der Waals surface area contributed by atoms with E-state index in [-0.39, 0.29) is 0 Å². The lowest BCUT2D eigenvalue weighted by molar-refractivity contribution is 0.414. The van der Waals surface area contributed by atoms with Crippen LogP contribution < -0.4 is 10.1 Å². The molecule has 0 bridgehead atoms. The number of hydrogen-bond donors (Lipinski definition) is 1. The van der Waals surface area contributed by atoms with Crippen molar-refractivity contribution >= 4 is 21.6 Å². The quantitative estimate of drug-likeness (QED) is 0.871. The highest BCUT2D eigenvalue weighted by Gasteiger charge is 2.11. The summed E-state index contributed by atoms with van der Waals surface area (Å²) in [4.78, 5) is 0. The largest absolute Gasteiger partial charge is 0.497 e. The third-order valence-electron chi connectivity index (χ3n) is 3.05. The molecule has 0 aliphatic rings. The van der Waals surface area contributed by atoms with Crippen LogP contribution in [-0.2, 0) is 0 Å². The maximum Gasteiger partial charge on any atom is 0.121 e. The van der Waals surface area contributed by atoms with Gasteiger partial charge in [0.15, 0.2) is 0 Å². The molecule has 1 N–H and O–H groups in total. The lowest BCUT2D eigenvalue weighted by atomic mass is 10.0.